The Balaban J connectivity index is 4.20. The van der Waals surface area contributed by atoms with E-state index in [1.54, 1.807) is 34.6 Å². The van der Waals surface area contributed by atoms with Gasteiger partial charge in [0.1, 0.15) is 11.7 Å². The number of rotatable bonds is 14. The van der Waals surface area contributed by atoms with E-state index >= 15 is 0 Å². The lowest BCUT2D eigenvalue weighted by Gasteiger charge is -2.40. The molecular formula is C25H48N2O7SSi. The van der Waals surface area contributed by atoms with Gasteiger partial charge in [-0.1, -0.05) is 46.4 Å². The standard InChI is InChI=1S/C25H48N2O7SSi/c1-23(2,3)34-19(29)11-12-20(30)35-16-15-26-18(28)13-14-27-22(32)21(31)25(7,8)17-33-36(9,10)24(4,5)6/h21,31H,11-17H2,1-10H3,(H,26,28)(H,27,32). The third-order valence-electron chi connectivity index (χ3n) is 5.89. The summed E-state index contributed by atoms with van der Waals surface area (Å²) in [6, 6.07) is 0. The van der Waals surface area contributed by atoms with Crippen LogP contribution < -0.4 is 10.6 Å². The third kappa shape index (κ3) is 14.3. The van der Waals surface area contributed by atoms with Crippen LogP contribution in [0.3, 0.4) is 0 Å². The Morgan fingerprint density at radius 2 is 1.47 bits per heavy atom. The first kappa shape index (κ1) is 34.6. The van der Waals surface area contributed by atoms with Crippen molar-refractivity contribution in [2.24, 2.45) is 5.41 Å². The Morgan fingerprint density at radius 1 is 0.889 bits per heavy atom. The Labute approximate surface area is 222 Å². The molecule has 0 fully saturated rings. The lowest BCUT2D eigenvalue weighted by Crippen LogP contribution is -2.50. The van der Waals surface area contributed by atoms with Gasteiger partial charge in [0.25, 0.3) is 0 Å². The molecular weight excluding hydrogens is 500 g/mol. The topological polar surface area (TPSA) is 131 Å². The molecule has 0 heterocycles. The molecule has 1 atom stereocenters. The van der Waals surface area contributed by atoms with Crippen molar-refractivity contribution in [3.05, 3.63) is 0 Å². The van der Waals surface area contributed by atoms with Gasteiger partial charge in [0.2, 0.25) is 11.8 Å². The first-order valence-corrected chi connectivity index (χ1v) is 16.3. The normalized spacial score (nSPS) is 13.6. The van der Waals surface area contributed by atoms with Gasteiger partial charge in [-0.05, 0) is 38.9 Å². The maximum atomic E-state index is 12.4. The molecule has 0 aromatic heterocycles. The Morgan fingerprint density at radius 3 is 2.00 bits per heavy atom. The van der Waals surface area contributed by atoms with Crippen LogP contribution >= 0.6 is 11.8 Å². The van der Waals surface area contributed by atoms with Gasteiger partial charge in [-0.15, -0.1) is 0 Å². The predicted octanol–water partition coefficient (Wildman–Crippen LogP) is 3.40. The lowest BCUT2D eigenvalue weighted by molar-refractivity contribution is -0.155. The van der Waals surface area contributed by atoms with E-state index in [9.17, 15) is 24.3 Å². The zero-order valence-corrected chi connectivity index (χ0v) is 25.6. The van der Waals surface area contributed by atoms with E-state index in [1.807, 2.05) is 0 Å². The Kier molecular flexibility index (Phi) is 13.9. The van der Waals surface area contributed by atoms with Crippen LogP contribution in [0.25, 0.3) is 0 Å². The molecule has 0 radical (unpaired) electrons. The molecule has 0 saturated heterocycles. The fraction of sp³-hybridized carbons (Fsp3) is 0.840. The highest BCUT2D eigenvalue weighted by Crippen LogP contribution is 2.38. The molecule has 0 spiro atoms. The van der Waals surface area contributed by atoms with E-state index in [-0.39, 0.29) is 55.0 Å². The SMILES string of the molecule is CC(C)(C)OC(=O)CCC(=O)SCCNC(=O)CCNC(=O)C(O)C(C)(C)CO[Si](C)(C)C(C)(C)C. The molecule has 0 aliphatic heterocycles. The van der Waals surface area contributed by atoms with Gasteiger partial charge < -0.3 is 24.9 Å². The Bertz CT molecular complexity index is 758. The third-order valence-corrected chi connectivity index (χ3v) is 11.3. The van der Waals surface area contributed by atoms with Gasteiger partial charge in [-0.3, -0.25) is 19.2 Å². The second-order valence-corrected chi connectivity index (χ2v) is 18.1. The van der Waals surface area contributed by atoms with Crippen LogP contribution in [0.5, 0.6) is 0 Å². The van der Waals surface area contributed by atoms with Crippen molar-refractivity contribution in [1.82, 2.24) is 10.6 Å². The molecule has 0 rings (SSSR count). The molecule has 11 heteroatoms. The second kappa shape index (κ2) is 14.5. The van der Waals surface area contributed by atoms with Gasteiger partial charge in [0, 0.05) is 43.7 Å². The number of aliphatic hydroxyl groups is 1. The summed E-state index contributed by atoms with van der Waals surface area (Å²) in [7, 11) is -2.02. The van der Waals surface area contributed by atoms with Crippen LogP contribution in [0.1, 0.15) is 74.7 Å². The van der Waals surface area contributed by atoms with Crippen molar-refractivity contribution in [1.29, 1.82) is 0 Å². The highest BCUT2D eigenvalue weighted by atomic mass is 32.2. The monoisotopic (exact) mass is 548 g/mol. The van der Waals surface area contributed by atoms with Crippen molar-refractivity contribution in [3.8, 4) is 0 Å². The summed E-state index contributed by atoms with van der Waals surface area (Å²) in [4.78, 5) is 47.9. The summed E-state index contributed by atoms with van der Waals surface area (Å²) in [5.74, 6) is -0.847. The van der Waals surface area contributed by atoms with Gasteiger partial charge in [-0.2, -0.15) is 0 Å². The molecule has 3 N–H and O–H groups in total. The van der Waals surface area contributed by atoms with Crippen LogP contribution in [0.4, 0.5) is 0 Å². The summed E-state index contributed by atoms with van der Waals surface area (Å²) in [5.41, 5.74) is -1.36. The highest BCUT2D eigenvalue weighted by Gasteiger charge is 2.41. The average Bonchev–Trinajstić information content (AvgIpc) is 2.71. The van der Waals surface area contributed by atoms with Crippen LogP contribution in [-0.4, -0.2) is 73.5 Å². The number of amides is 2. The van der Waals surface area contributed by atoms with E-state index in [0.717, 1.165) is 11.8 Å². The zero-order valence-electron chi connectivity index (χ0n) is 23.8. The minimum absolute atomic E-state index is 0.0233. The molecule has 0 bridgehead atoms. The summed E-state index contributed by atoms with van der Waals surface area (Å²) < 4.78 is 11.3. The van der Waals surface area contributed by atoms with Crippen LogP contribution in [0.2, 0.25) is 18.1 Å². The van der Waals surface area contributed by atoms with Gasteiger partial charge in [0.05, 0.1) is 6.42 Å². The quantitative estimate of drug-likeness (QED) is 0.171. The molecule has 210 valence electrons. The number of carbonyl (C=O) groups is 4. The fourth-order valence-electron chi connectivity index (χ4n) is 2.53. The lowest BCUT2D eigenvalue weighted by atomic mass is 9.87. The number of aliphatic hydroxyl groups excluding tert-OH is 1. The van der Waals surface area contributed by atoms with E-state index < -0.39 is 37.3 Å². The van der Waals surface area contributed by atoms with Crippen LogP contribution in [0.15, 0.2) is 0 Å². The molecule has 0 aliphatic rings. The largest absolute Gasteiger partial charge is 0.460 e. The number of esters is 1. The molecule has 0 aromatic rings. The van der Waals surface area contributed by atoms with Crippen molar-refractivity contribution in [3.63, 3.8) is 0 Å². The first-order chi connectivity index (χ1) is 16.2. The number of carbonyl (C=O) groups excluding carboxylic acids is 4. The van der Waals surface area contributed by atoms with E-state index in [2.05, 4.69) is 44.5 Å². The summed E-state index contributed by atoms with van der Waals surface area (Å²) in [5, 5.41) is 15.7. The van der Waals surface area contributed by atoms with Crippen molar-refractivity contribution in [2.75, 3.05) is 25.4 Å². The average molecular weight is 549 g/mol. The van der Waals surface area contributed by atoms with E-state index in [1.165, 1.54) is 0 Å². The smallest absolute Gasteiger partial charge is 0.306 e. The summed E-state index contributed by atoms with van der Waals surface area (Å²) in [6.07, 6.45) is -1.11. The van der Waals surface area contributed by atoms with Crippen molar-refractivity contribution in [2.45, 2.75) is 104 Å². The van der Waals surface area contributed by atoms with E-state index in [4.69, 9.17) is 9.16 Å². The zero-order chi connectivity index (χ0) is 28.4. The number of hydrogen-bond acceptors (Lipinski definition) is 8. The molecule has 1 unspecified atom stereocenters. The molecule has 0 saturated carbocycles. The minimum Gasteiger partial charge on any atom is -0.460 e. The second-order valence-electron chi connectivity index (χ2n) is 12.1. The van der Waals surface area contributed by atoms with Crippen LogP contribution in [0, 0.1) is 5.41 Å². The summed E-state index contributed by atoms with van der Waals surface area (Å²) in [6.45, 7) is 20.1. The van der Waals surface area contributed by atoms with Crippen molar-refractivity contribution < 1.29 is 33.4 Å². The predicted molar refractivity (Wildman–Crippen MR) is 146 cm³/mol. The summed E-state index contributed by atoms with van der Waals surface area (Å²) >= 11 is 1.05. The number of hydrogen-bond donors (Lipinski definition) is 3. The first-order valence-electron chi connectivity index (χ1n) is 12.4. The number of nitrogens with one attached hydrogen (secondary N) is 2. The highest BCUT2D eigenvalue weighted by molar-refractivity contribution is 8.13. The van der Waals surface area contributed by atoms with Crippen LogP contribution in [-0.2, 0) is 28.3 Å². The fourth-order valence-corrected chi connectivity index (χ4v) is 4.37. The van der Waals surface area contributed by atoms with E-state index in [0.29, 0.717) is 5.75 Å². The minimum atomic E-state index is -2.02. The molecule has 36 heavy (non-hydrogen) atoms. The maximum absolute atomic E-state index is 12.4. The number of thioether (sulfide) groups is 1. The molecule has 0 aromatic carbocycles. The van der Waals surface area contributed by atoms with Gasteiger partial charge in [0.15, 0.2) is 13.4 Å². The Hall–Kier alpha value is -1.43. The number of ether oxygens (including phenoxy) is 1. The van der Waals surface area contributed by atoms with Gasteiger partial charge in [-0.25, -0.2) is 0 Å². The maximum Gasteiger partial charge on any atom is 0.306 e. The molecule has 0 aliphatic carbocycles. The molecule has 9 nitrogen and oxygen atoms in total. The molecule has 2 amide bonds. The van der Waals surface area contributed by atoms with Gasteiger partial charge >= 0.3 is 5.97 Å². The van der Waals surface area contributed by atoms with Crippen molar-refractivity contribution >= 4 is 43.0 Å².